The summed E-state index contributed by atoms with van der Waals surface area (Å²) < 4.78 is 21.9. The van der Waals surface area contributed by atoms with E-state index in [0.29, 0.717) is 48.4 Å². The van der Waals surface area contributed by atoms with Crippen LogP contribution in [-0.2, 0) is 14.3 Å². The van der Waals surface area contributed by atoms with Gasteiger partial charge in [0.2, 0.25) is 0 Å². The number of rotatable bonds is 8. The lowest BCUT2D eigenvalue weighted by Crippen LogP contribution is -2.48. The molecule has 0 aromatic heterocycles. The number of hydrogen-bond donors (Lipinski definition) is 1. The standard InChI is InChI=1S/C24H29N3O6/c1-17-24(29)27(9-8-26-10-12-31-13-11-26)21-7-6-18(14-22(21)33-17)25-23(28)16-32-20-5-3-4-19(15-20)30-2/h3-7,14-15,17H,8-13,16H2,1-2H3,(H,25,28). The summed E-state index contributed by atoms with van der Waals surface area (Å²) in [6.45, 7) is 6.09. The molecule has 2 aliphatic rings. The van der Waals surface area contributed by atoms with Gasteiger partial charge in [0, 0.05) is 44.0 Å². The zero-order valence-electron chi connectivity index (χ0n) is 18.9. The minimum Gasteiger partial charge on any atom is -0.497 e. The number of morpholine rings is 1. The van der Waals surface area contributed by atoms with Gasteiger partial charge in [-0.05, 0) is 31.2 Å². The molecule has 0 radical (unpaired) electrons. The molecule has 4 rings (SSSR count). The topological polar surface area (TPSA) is 89.6 Å². The van der Waals surface area contributed by atoms with Crippen LogP contribution in [-0.4, -0.2) is 75.9 Å². The van der Waals surface area contributed by atoms with Crippen LogP contribution in [0.25, 0.3) is 0 Å². The van der Waals surface area contributed by atoms with Gasteiger partial charge in [0.1, 0.15) is 17.2 Å². The number of nitrogens with one attached hydrogen (secondary N) is 1. The van der Waals surface area contributed by atoms with E-state index >= 15 is 0 Å². The Kier molecular flexibility index (Phi) is 7.31. The molecule has 9 nitrogen and oxygen atoms in total. The molecule has 1 atom stereocenters. The lowest BCUT2D eigenvalue weighted by molar-refractivity contribution is -0.125. The third kappa shape index (κ3) is 5.74. The normalized spacial score (nSPS) is 18.3. The molecular formula is C24H29N3O6. The summed E-state index contributed by atoms with van der Waals surface area (Å²) in [5.74, 6) is 1.39. The highest BCUT2D eigenvalue weighted by Gasteiger charge is 2.32. The Bertz CT molecular complexity index is 992. The number of fused-ring (bicyclic) bond motifs is 1. The lowest BCUT2D eigenvalue weighted by Gasteiger charge is -2.35. The molecule has 9 heteroatoms. The molecule has 1 N–H and O–H groups in total. The van der Waals surface area contributed by atoms with Gasteiger partial charge < -0.3 is 29.2 Å². The van der Waals surface area contributed by atoms with Crippen LogP contribution in [0, 0.1) is 0 Å². The molecule has 0 bridgehead atoms. The molecule has 2 aliphatic heterocycles. The second-order valence-electron chi connectivity index (χ2n) is 7.90. The van der Waals surface area contributed by atoms with Crippen molar-refractivity contribution >= 4 is 23.2 Å². The molecule has 1 saturated heterocycles. The van der Waals surface area contributed by atoms with E-state index in [9.17, 15) is 9.59 Å². The van der Waals surface area contributed by atoms with Crippen LogP contribution in [0.5, 0.6) is 17.2 Å². The number of methoxy groups -OCH3 is 1. The van der Waals surface area contributed by atoms with Crippen molar-refractivity contribution in [2.24, 2.45) is 0 Å². The zero-order valence-corrected chi connectivity index (χ0v) is 18.9. The van der Waals surface area contributed by atoms with Crippen molar-refractivity contribution in [2.75, 3.05) is 63.3 Å². The maximum Gasteiger partial charge on any atom is 0.267 e. The lowest BCUT2D eigenvalue weighted by atomic mass is 10.1. The number of benzene rings is 2. The highest BCUT2D eigenvalue weighted by atomic mass is 16.5. The second-order valence-corrected chi connectivity index (χ2v) is 7.90. The molecule has 1 fully saturated rings. The third-order valence-electron chi connectivity index (χ3n) is 5.61. The predicted molar refractivity (Wildman–Crippen MR) is 123 cm³/mol. The number of carbonyl (C=O) groups is 2. The van der Waals surface area contributed by atoms with Crippen LogP contribution in [0.15, 0.2) is 42.5 Å². The van der Waals surface area contributed by atoms with E-state index in [1.807, 2.05) is 0 Å². The van der Waals surface area contributed by atoms with Gasteiger partial charge in [-0.2, -0.15) is 0 Å². The monoisotopic (exact) mass is 455 g/mol. The Hall–Kier alpha value is -3.30. The van der Waals surface area contributed by atoms with Crippen molar-refractivity contribution in [2.45, 2.75) is 13.0 Å². The van der Waals surface area contributed by atoms with Gasteiger partial charge in [0.25, 0.3) is 11.8 Å². The van der Waals surface area contributed by atoms with Gasteiger partial charge in [-0.3, -0.25) is 14.5 Å². The van der Waals surface area contributed by atoms with Crippen LogP contribution in [0.2, 0.25) is 0 Å². The molecule has 2 aromatic rings. The van der Waals surface area contributed by atoms with Crippen LogP contribution in [0.1, 0.15) is 6.92 Å². The van der Waals surface area contributed by atoms with Crippen molar-refractivity contribution in [3.8, 4) is 17.2 Å². The average molecular weight is 456 g/mol. The Morgan fingerprint density at radius 1 is 1.12 bits per heavy atom. The Balaban J connectivity index is 1.38. The van der Waals surface area contributed by atoms with Crippen molar-refractivity contribution in [1.82, 2.24) is 4.90 Å². The number of hydrogen-bond acceptors (Lipinski definition) is 7. The number of nitrogens with zero attached hydrogens (tertiary/aromatic N) is 2. The van der Waals surface area contributed by atoms with E-state index in [-0.39, 0.29) is 18.4 Å². The smallest absolute Gasteiger partial charge is 0.267 e. The van der Waals surface area contributed by atoms with Crippen LogP contribution < -0.4 is 24.4 Å². The van der Waals surface area contributed by atoms with E-state index in [1.54, 1.807) is 61.4 Å². The summed E-state index contributed by atoms with van der Waals surface area (Å²) >= 11 is 0. The quantitative estimate of drug-likeness (QED) is 0.652. The fourth-order valence-electron chi connectivity index (χ4n) is 3.82. The first kappa shape index (κ1) is 22.9. The largest absolute Gasteiger partial charge is 0.497 e. The summed E-state index contributed by atoms with van der Waals surface area (Å²) in [5, 5.41) is 2.81. The average Bonchev–Trinajstić information content (AvgIpc) is 2.84. The van der Waals surface area contributed by atoms with Gasteiger partial charge in [-0.15, -0.1) is 0 Å². The first-order chi connectivity index (χ1) is 16.0. The minimum absolute atomic E-state index is 0.0702. The minimum atomic E-state index is -0.593. The number of carbonyl (C=O) groups excluding carboxylic acids is 2. The Morgan fingerprint density at radius 3 is 2.70 bits per heavy atom. The summed E-state index contributed by atoms with van der Waals surface area (Å²) in [7, 11) is 1.57. The molecule has 0 aliphatic carbocycles. The highest BCUT2D eigenvalue weighted by Crippen LogP contribution is 2.36. The zero-order chi connectivity index (χ0) is 23.2. The van der Waals surface area contributed by atoms with Crippen molar-refractivity contribution in [3.05, 3.63) is 42.5 Å². The molecule has 2 aromatic carbocycles. The SMILES string of the molecule is COc1cccc(OCC(=O)Nc2ccc3c(c2)OC(C)C(=O)N3CCN2CCOCC2)c1. The molecule has 2 amide bonds. The molecular weight excluding hydrogens is 426 g/mol. The van der Waals surface area contributed by atoms with E-state index in [1.165, 1.54) is 0 Å². The number of anilines is 2. The van der Waals surface area contributed by atoms with Crippen LogP contribution in [0.3, 0.4) is 0 Å². The summed E-state index contributed by atoms with van der Waals surface area (Å²) in [6.07, 6.45) is -0.593. The first-order valence-corrected chi connectivity index (χ1v) is 11.0. The van der Waals surface area contributed by atoms with Crippen molar-refractivity contribution < 1.29 is 28.5 Å². The maximum atomic E-state index is 12.8. The second kappa shape index (κ2) is 10.5. The number of amides is 2. The van der Waals surface area contributed by atoms with Crippen molar-refractivity contribution in [3.63, 3.8) is 0 Å². The van der Waals surface area contributed by atoms with Crippen LogP contribution in [0.4, 0.5) is 11.4 Å². The Labute approximate surface area is 193 Å². The summed E-state index contributed by atoms with van der Waals surface area (Å²) in [5.41, 5.74) is 1.28. The van der Waals surface area contributed by atoms with Crippen molar-refractivity contribution in [1.29, 1.82) is 0 Å². The third-order valence-corrected chi connectivity index (χ3v) is 5.61. The van der Waals surface area contributed by atoms with Crippen LogP contribution >= 0.6 is 0 Å². The fraction of sp³-hybridized carbons (Fsp3) is 0.417. The van der Waals surface area contributed by atoms with E-state index < -0.39 is 6.10 Å². The van der Waals surface area contributed by atoms with Gasteiger partial charge in [-0.25, -0.2) is 0 Å². The summed E-state index contributed by atoms with van der Waals surface area (Å²) in [4.78, 5) is 29.2. The first-order valence-electron chi connectivity index (χ1n) is 11.0. The van der Waals surface area contributed by atoms with Gasteiger partial charge in [-0.1, -0.05) is 6.07 Å². The molecule has 33 heavy (non-hydrogen) atoms. The highest BCUT2D eigenvalue weighted by molar-refractivity contribution is 6.00. The predicted octanol–water partition coefficient (Wildman–Crippen LogP) is 2.16. The molecule has 2 heterocycles. The molecule has 0 saturated carbocycles. The van der Waals surface area contributed by atoms with E-state index in [2.05, 4.69) is 10.2 Å². The fourth-order valence-corrected chi connectivity index (χ4v) is 3.82. The molecule has 0 spiro atoms. The van der Waals surface area contributed by atoms with Gasteiger partial charge in [0.15, 0.2) is 12.7 Å². The molecule has 176 valence electrons. The van der Waals surface area contributed by atoms with Gasteiger partial charge >= 0.3 is 0 Å². The number of ether oxygens (including phenoxy) is 4. The van der Waals surface area contributed by atoms with E-state index in [0.717, 1.165) is 19.6 Å². The van der Waals surface area contributed by atoms with E-state index in [4.69, 9.17) is 18.9 Å². The van der Waals surface area contributed by atoms with Gasteiger partial charge in [0.05, 0.1) is 26.0 Å². The maximum absolute atomic E-state index is 12.8. The summed E-state index contributed by atoms with van der Waals surface area (Å²) in [6, 6.07) is 12.4. The Morgan fingerprint density at radius 2 is 1.91 bits per heavy atom. The molecule has 1 unspecified atom stereocenters.